The number of pyridine rings is 1. The molecular formula is C17H17N5O. The Balaban J connectivity index is 1.61. The third-order valence-corrected chi connectivity index (χ3v) is 4.45. The van der Waals surface area contributed by atoms with Gasteiger partial charge in [0.25, 0.3) is 5.89 Å². The highest BCUT2D eigenvalue weighted by molar-refractivity contribution is 5.65. The summed E-state index contributed by atoms with van der Waals surface area (Å²) >= 11 is 0. The first-order valence-corrected chi connectivity index (χ1v) is 7.68. The Hall–Kier alpha value is -2.76. The summed E-state index contributed by atoms with van der Waals surface area (Å²) < 4.78 is 7.16. The van der Waals surface area contributed by atoms with E-state index in [1.165, 1.54) is 12.0 Å². The van der Waals surface area contributed by atoms with Crippen LogP contribution in [-0.2, 0) is 12.5 Å². The first-order chi connectivity index (χ1) is 11.3. The maximum absolute atomic E-state index is 5.41. The molecule has 0 saturated heterocycles. The van der Waals surface area contributed by atoms with E-state index in [0.717, 1.165) is 24.2 Å². The summed E-state index contributed by atoms with van der Waals surface area (Å²) in [7, 11) is 1.89. The van der Waals surface area contributed by atoms with E-state index < -0.39 is 0 Å². The van der Waals surface area contributed by atoms with Gasteiger partial charge in [-0.1, -0.05) is 11.6 Å². The van der Waals surface area contributed by atoms with Crippen LogP contribution in [0.4, 0.5) is 0 Å². The van der Waals surface area contributed by atoms with Crippen LogP contribution in [0.25, 0.3) is 12.2 Å². The van der Waals surface area contributed by atoms with Gasteiger partial charge < -0.3 is 4.52 Å². The van der Waals surface area contributed by atoms with Gasteiger partial charge in [-0.15, -0.1) is 0 Å². The zero-order valence-corrected chi connectivity index (χ0v) is 12.9. The molecule has 23 heavy (non-hydrogen) atoms. The number of hydrogen-bond acceptors (Lipinski definition) is 5. The van der Waals surface area contributed by atoms with Gasteiger partial charge in [0.15, 0.2) is 5.82 Å². The fourth-order valence-electron chi connectivity index (χ4n) is 3.03. The van der Waals surface area contributed by atoms with Gasteiger partial charge in [0.05, 0.1) is 11.6 Å². The van der Waals surface area contributed by atoms with Gasteiger partial charge >= 0.3 is 0 Å². The normalized spacial score (nSPS) is 16.6. The summed E-state index contributed by atoms with van der Waals surface area (Å²) in [6, 6.07) is 4.08. The molecule has 3 aromatic rings. The van der Waals surface area contributed by atoms with Crippen LogP contribution in [0.2, 0.25) is 0 Å². The second-order valence-electron chi connectivity index (χ2n) is 5.91. The number of aryl methyl sites for hydroxylation is 1. The Morgan fingerprint density at radius 3 is 2.70 bits per heavy atom. The maximum Gasteiger partial charge on any atom is 0.250 e. The fourth-order valence-corrected chi connectivity index (χ4v) is 3.03. The molecule has 4 rings (SSSR count). The zero-order valence-electron chi connectivity index (χ0n) is 12.9. The smallest absolute Gasteiger partial charge is 0.250 e. The van der Waals surface area contributed by atoms with E-state index in [4.69, 9.17) is 4.52 Å². The van der Waals surface area contributed by atoms with Gasteiger partial charge in [0, 0.05) is 37.3 Å². The quantitative estimate of drug-likeness (QED) is 0.741. The van der Waals surface area contributed by atoms with Crippen molar-refractivity contribution >= 4 is 12.2 Å². The van der Waals surface area contributed by atoms with Gasteiger partial charge in [0.1, 0.15) is 0 Å². The minimum absolute atomic E-state index is 0.118. The van der Waals surface area contributed by atoms with Gasteiger partial charge in [-0.05, 0) is 36.6 Å². The highest BCUT2D eigenvalue weighted by atomic mass is 16.5. The van der Waals surface area contributed by atoms with Crippen LogP contribution < -0.4 is 0 Å². The predicted molar refractivity (Wildman–Crippen MR) is 85.3 cm³/mol. The van der Waals surface area contributed by atoms with E-state index in [9.17, 15) is 0 Å². The van der Waals surface area contributed by atoms with E-state index >= 15 is 0 Å². The van der Waals surface area contributed by atoms with Crippen molar-refractivity contribution in [3.05, 3.63) is 59.8 Å². The largest absolute Gasteiger partial charge is 0.335 e. The van der Waals surface area contributed by atoms with Crippen molar-refractivity contribution in [1.29, 1.82) is 0 Å². The predicted octanol–water partition coefficient (Wildman–Crippen LogP) is 2.84. The van der Waals surface area contributed by atoms with E-state index in [0.29, 0.717) is 5.89 Å². The van der Waals surface area contributed by atoms with Crippen molar-refractivity contribution in [2.75, 3.05) is 0 Å². The molecule has 0 aliphatic heterocycles. The van der Waals surface area contributed by atoms with Crippen molar-refractivity contribution < 1.29 is 4.52 Å². The molecular weight excluding hydrogens is 290 g/mol. The Labute approximate surface area is 133 Å². The average Bonchev–Trinajstić information content (AvgIpc) is 3.15. The third kappa shape index (κ3) is 2.46. The molecule has 116 valence electrons. The number of aromatic nitrogens is 5. The van der Waals surface area contributed by atoms with E-state index in [-0.39, 0.29) is 5.41 Å². The first kappa shape index (κ1) is 13.9. The molecule has 0 amide bonds. The molecule has 0 aromatic carbocycles. The molecule has 6 heteroatoms. The lowest BCUT2D eigenvalue weighted by Crippen LogP contribution is -2.36. The number of rotatable bonds is 4. The summed E-state index contributed by atoms with van der Waals surface area (Å²) in [5.41, 5.74) is 2.09. The van der Waals surface area contributed by atoms with Crippen LogP contribution in [0.1, 0.15) is 42.1 Å². The molecule has 6 nitrogen and oxygen atoms in total. The molecule has 0 bridgehead atoms. The first-order valence-electron chi connectivity index (χ1n) is 7.68. The summed E-state index contributed by atoms with van der Waals surface area (Å²) in [4.78, 5) is 8.69. The Morgan fingerprint density at radius 2 is 2.04 bits per heavy atom. The van der Waals surface area contributed by atoms with Crippen molar-refractivity contribution in [3.63, 3.8) is 0 Å². The molecule has 0 atom stereocenters. The Bertz CT molecular complexity index is 830. The fraction of sp³-hybridized carbons (Fsp3) is 0.294. The lowest BCUT2D eigenvalue weighted by atomic mass is 9.64. The molecule has 3 aromatic heterocycles. The lowest BCUT2D eigenvalue weighted by Gasteiger charge is -2.39. The monoisotopic (exact) mass is 307 g/mol. The van der Waals surface area contributed by atoms with Crippen LogP contribution in [0.3, 0.4) is 0 Å². The van der Waals surface area contributed by atoms with Crippen LogP contribution in [0.15, 0.2) is 41.4 Å². The second kappa shape index (κ2) is 5.46. The molecule has 1 fully saturated rings. The van der Waals surface area contributed by atoms with E-state index in [1.807, 2.05) is 49.9 Å². The average molecular weight is 307 g/mol. The Morgan fingerprint density at radius 1 is 1.22 bits per heavy atom. The maximum atomic E-state index is 5.41. The second-order valence-corrected chi connectivity index (χ2v) is 5.91. The summed E-state index contributed by atoms with van der Waals surface area (Å²) in [5, 5.41) is 8.35. The molecule has 0 N–H and O–H groups in total. The standard InChI is InChI=1S/C17H17N5O/c1-22-12-13(11-19-22)3-4-15-20-16(21-23-15)17(7-2-8-17)14-5-9-18-10-6-14/h3-6,9-12H,2,7-8H2,1H3/b4-3+. The summed E-state index contributed by atoms with van der Waals surface area (Å²) in [5.74, 6) is 1.28. The van der Waals surface area contributed by atoms with Gasteiger partial charge in [-0.3, -0.25) is 9.67 Å². The number of nitrogens with zero attached hydrogens (tertiary/aromatic N) is 5. The van der Waals surface area contributed by atoms with Gasteiger partial charge in [0.2, 0.25) is 0 Å². The van der Waals surface area contributed by atoms with Crippen molar-refractivity contribution in [3.8, 4) is 0 Å². The van der Waals surface area contributed by atoms with E-state index in [2.05, 4.69) is 20.2 Å². The highest BCUT2D eigenvalue weighted by Crippen LogP contribution is 2.47. The molecule has 3 heterocycles. The van der Waals surface area contributed by atoms with Gasteiger partial charge in [-0.2, -0.15) is 10.1 Å². The SMILES string of the molecule is Cn1cc(/C=C/c2nc(C3(c4ccncc4)CCC3)no2)cn1. The Kier molecular flexibility index (Phi) is 3.29. The molecule has 0 spiro atoms. The molecule has 1 aliphatic rings. The van der Waals surface area contributed by atoms with Crippen molar-refractivity contribution in [2.24, 2.45) is 7.05 Å². The van der Waals surface area contributed by atoms with E-state index in [1.54, 1.807) is 10.9 Å². The van der Waals surface area contributed by atoms with Gasteiger partial charge in [-0.25, -0.2) is 0 Å². The molecule has 1 aliphatic carbocycles. The summed E-state index contributed by atoms with van der Waals surface area (Å²) in [6.45, 7) is 0. The molecule has 0 unspecified atom stereocenters. The van der Waals surface area contributed by atoms with Crippen LogP contribution in [0, 0.1) is 0 Å². The minimum atomic E-state index is -0.118. The highest BCUT2D eigenvalue weighted by Gasteiger charge is 2.44. The lowest BCUT2D eigenvalue weighted by molar-refractivity contribution is 0.272. The van der Waals surface area contributed by atoms with Crippen molar-refractivity contribution in [2.45, 2.75) is 24.7 Å². The number of hydrogen-bond donors (Lipinski definition) is 0. The van der Waals surface area contributed by atoms with Crippen molar-refractivity contribution in [1.82, 2.24) is 24.9 Å². The van der Waals surface area contributed by atoms with Crippen LogP contribution >= 0.6 is 0 Å². The summed E-state index contributed by atoms with van der Waals surface area (Å²) in [6.07, 6.45) is 14.4. The zero-order chi connectivity index (χ0) is 15.7. The topological polar surface area (TPSA) is 69.6 Å². The third-order valence-electron chi connectivity index (χ3n) is 4.45. The minimum Gasteiger partial charge on any atom is -0.335 e. The molecule has 1 saturated carbocycles. The van der Waals surface area contributed by atoms with Crippen LogP contribution in [-0.4, -0.2) is 24.9 Å². The molecule has 0 radical (unpaired) electrons. The van der Waals surface area contributed by atoms with Crippen LogP contribution in [0.5, 0.6) is 0 Å².